The number of esters is 1. The van der Waals surface area contributed by atoms with E-state index < -0.39 is 5.97 Å². The standard InChI is InChI=1S/C19H23NO4/c1-6-15-9-14(8-13(3)20-15)19-12(2)7-16(10-17(19)22-4)24-11-18(21)23-5/h7-10H,6,11H2,1-5H3. The maximum absolute atomic E-state index is 11.2. The van der Waals surface area contributed by atoms with Crippen LogP contribution in [0.25, 0.3) is 11.1 Å². The Kier molecular flexibility index (Phi) is 5.79. The van der Waals surface area contributed by atoms with Crippen molar-refractivity contribution < 1.29 is 19.0 Å². The molecule has 0 saturated carbocycles. The van der Waals surface area contributed by atoms with Crippen LogP contribution >= 0.6 is 0 Å². The van der Waals surface area contributed by atoms with Crippen LogP contribution in [0.3, 0.4) is 0 Å². The van der Waals surface area contributed by atoms with E-state index in [9.17, 15) is 4.79 Å². The molecule has 2 aromatic rings. The van der Waals surface area contributed by atoms with Gasteiger partial charge >= 0.3 is 5.97 Å². The normalized spacial score (nSPS) is 10.4. The lowest BCUT2D eigenvalue weighted by Gasteiger charge is -2.16. The molecule has 5 nitrogen and oxygen atoms in total. The van der Waals surface area contributed by atoms with Gasteiger partial charge in [-0.2, -0.15) is 0 Å². The number of hydrogen-bond donors (Lipinski definition) is 0. The molecular formula is C19H23NO4. The van der Waals surface area contributed by atoms with E-state index in [4.69, 9.17) is 9.47 Å². The summed E-state index contributed by atoms with van der Waals surface area (Å²) in [5.74, 6) is 0.843. The number of hydrogen-bond acceptors (Lipinski definition) is 5. The number of rotatable bonds is 6. The zero-order chi connectivity index (χ0) is 17.7. The van der Waals surface area contributed by atoms with Crippen LogP contribution < -0.4 is 9.47 Å². The molecule has 5 heteroatoms. The van der Waals surface area contributed by atoms with Crippen molar-refractivity contribution >= 4 is 5.97 Å². The molecule has 1 aromatic carbocycles. The Balaban J connectivity index is 2.44. The SMILES string of the molecule is CCc1cc(-c2c(C)cc(OCC(=O)OC)cc2OC)cc(C)n1. The number of pyridine rings is 1. The second kappa shape index (κ2) is 7.81. The van der Waals surface area contributed by atoms with Crippen LogP contribution in [0.1, 0.15) is 23.9 Å². The maximum atomic E-state index is 11.2. The Morgan fingerprint density at radius 1 is 1.12 bits per heavy atom. The van der Waals surface area contributed by atoms with Gasteiger partial charge in [0, 0.05) is 23.0 Å². The summed E-state index contributed by atoms with van der Waals surface area (Å²) < 4.78 is 15.6. The van der Waals surface area contributed by atoms with Crippen molar-refractivity contribution in [1.82, 2.24) is 4.98 Å². The van der Waals surface area contributed by atoms with Gasteiger partial charge in [0.2, 0.25) is 0 Å². The molecule has 0 saturated heterocycles. The Morgan fingerprint density at radius 3 is 2.50 bits per heavy atom. The zero-order valence-electron chi connectivity index (χ0n) is 14.8. The lowest BCUT2D eigenvalue weighted by atomic mass is 9.98. The van der Waals surface area contributed by atoms with Crippen LogP contribution in [0.15, 0.2) is 24.3 Å². The van der Waals surface area contributed by atoms with Gasteiger partial charge in [-0.1, -0.05) is 6.92 Å². The molecule has 0 atom stereocenters. The predicted octanol–water partition coefficient (Wildman–Crippen LogP) is 3.49. The van der Waals surface area contributed by atoms with Crippen LogP contribution in [0, 0.1) is 13.8 Å². The zero-order valence-corrected chi connectivity index (χ0v) is 14.8. The van der Waals surface area contributed by atoms with Crippen molar-refractivity contribution in [2.45, 2.75) is 27.2 Å². The van der Waals surface area contributed by atoms with E-state index in [1.54, 1.807) is 13.2 Å². The van der Waals surface area contributed by atoms with Crippen LogP contribution in [0.5, 0.6) is 11.5 Å². The maximum Gasteiger partial charge on any atom is 0.343 e. The Labute approximate surface area is 142 Å². The van der Waals surface area contributed by atoms with Crippen molar-refractivity contribution in [2.75, 3.05) is 20.8 Å². The Bertz CT molecular complexity index is 740. The molecule has 0 aliphatic carbocycles. The molecule has 0 fully saturated rings. The molecular weight excluding hydrogens is 306 g/mol. The molecule has 2 rings (SSSR count). The lowest BCUT2D eigenvalue weighted by Crippen LogP contribution is -2.12. The molecule has 128 valence electrons. The van der Waals surface area contributed by atoms with Gasteiger partial charge < -0.3 is 14.2 Å². The van der Waals surface area contributed by atoms with Gasteiger partial charge in [-0.3, -0.25) is 4.98 Å². The molecule has 1 heterocycles. The highest BCUT2D eigenvalue weighted by Crippen LogP contribution is 2.37. The monoisotopic (exact) mass is 329 g/mol. The summed E-state index contributed by atoms with van der Waals surface area (Å²) >= 11 is 0. The Hall–Kier alpha value is -2.56. The van der Waals surface area contributed by atoms with E-state index in [-0.39, 0.29) is 6.61 Å². The minimum Gasteiger partial charge on any atom is -0.496 e. The molecule has 0 N–H and O–H groups in total. The molecule has 0 aliphatic rings. The second-order valence-electron chi connectivity index (χ2n) is 5.52. The molecule has 0 amide bonds. The van der Waals surface area contributed by atoms with Crippen LogP contribution in [-0.2, 0) is 16.0 Å². The van der Waals surface area contributed by atoms with Crippen molar-refractivity contribution in [2.24, 2.45) is 0 Å². The minimum absolute atomic E-state index is 0.132. The number of aryl methyl sites for hydroxylation is 3. The first-order valence-electron chi connectivity index (χ1n) is 7.84. The first kappa shape index (κ1) is 17.8. The Morgan fingerprint density at radius 2 is 1.88 bits per heavy atom. The van der Waals surface area contributed by atoms with Gasteiger partial charge in [0.05, 0.1) is 14.2 Å². The summed E-state index contributed by atoms with van der Waals surface area (Å²) in [6.45, 7) is 5.93. The highest BCUT2D eigenvalue weighted by Gasteiger charge is 2.14. The number of carbonyl (C=O) groups is 1. The molecule has 0 radical (unpaired) electrons. The number of ether oxygens (including phenoxy) is 3. The summed E-state index contributed by atoms with van der Waals surface area (Å²) in [6, 6.07) is 7.79. The van der Waals surface area contributed by atoms with Crippen molar-refractivity contribution in [3.8, 4) is 22.6 Å². The van der Waals surface area contributed by atoms with Gasteiger partial charge in [0.15, 0.2) is 6.61 Å². The summed E-state index contributed by atoms with van der Waals surface area (Å²) in [5, 5.41) is 0. The summed E-state index contributed by atoms with van der Waals surface area (Å²) in [6.07, 6.45) is 0.871. The van der Waals surface area contributed by atoms with Crippen LogP contribution in [-0.4, -0.2) is 31.8 Å². The lowest BCUT2D eigenvalue weighted by molar-refractivity contribution is -0.142. The van der Waals surface area contributed by atoms with Crippen molar-refractivity contribution in [3.05, 3.63) is 41.2 Å². The fraction of sp³-hybridized carbons (Fsp3) is 0.368. The van der Waals surface area contributed by atoms with E-state index in [1.807, 2.05) is 26.0 Å². The van der Waals surface area contributed by atoms with Gasteiger partial charge in [-0.25, -0.2) is 4.79 Å². The largest absolute Gasteiger partial charge is 0.496 e. The van der Waals surface area contributed by atoms with Crippen molar-refractivity contribution in [1.29, 1.82) is 0 Å². The first-order chi connectivity index (χ1) is 11.5. The predicted molar refractivity (Wildman–Crippen MR) is 92.6 cm³/mol. The second-order valence-corrected chi connectivity index (χ2v) is 5.52. The first-order valence-corrected chi connectivity index (χ1v) is 7.84. The molecule has 0 bridgehead atoms. The van der Waals surface area contributed by atoms with Gasteiger partial charge in [-0.05, 0) is 49.6 Å². The number of benzene rings is 1. The number of carbonyl (C=O) groups excluding carboxylic acids is 1. The molecule has 0 unspecified atom stereocenters. The van der Waals surface area contributed by atoms with Gasteiger partial charge in [0.25, 0.3) is 0 Å². The van der Waals surface area contributed by atoms with Gasteiger partial charge in [-0.15, -0.1) is 0 Å². The average Bonchev–Trinajstić information content (AvgIpc) is 2.58. The quantitative estimate of drug-likeness (QED) is 0.759. The van der Waals surface area contributed by atoms with E-state index >= 15 is 0 Å². The summed E-state index contributed by atoms with van der Waals surface area (Å²) in [5.41, 5.74) is 5.08. The highest BCUT2D eigenvalue weighted by molar-refractivity contribution is 5.76. The van der Waals surface area contributed by atoms with E-state index in [0.29, 0.717) is 11.5 Å². The van der Waals surface area contributed by atoms with E-state index in [2.05, 4.69) is 22.7 Å². The number of nitrogens with zero attached hydrogens (tertiary/aromatic N) is 1. The van der Waals surface area contributed by atoms with Crippen LogP contribution in [0.4, 0.5) is 0 Å². The third-order valence-corrected chi connectivity index (χ3v) is 3.73. The van der Waals surface area contributed by atoms with Crippen molar-refractivity contribution in [3.63, 3.8) is 0 Å². The molecule has 0 aliphatic heterocycles. The summed E-state index contributed by atoms with van der Waals surface area (Å²) in [7, 11) is 2.95. The number of aromatic nitrogens is 1. The van der Waals surface area contributed by atoms with E-state index in [0.717, 1.165) is 34.5 Å². The third-order valence-electron chi connectivity index (χ3n) is 3.73. The number of methoxy groups -OCH3 is 2. The fourth-order valence-electron chi connectivity index (χ4n) is 2.60. The smallest absolute Gasteiger partial charge is 0.343 e. The van der Waals surface area contributed by atoms with Crippen LogP contribution in [0.2, 0.25) is 0 Å². The highest BCUT2D eigenvalue weighted by atomic mass is 16.6. The third kappa shape index (κ3) is 4.04. The van der Waals surface area contributed by atoms with E-state index in [1.165, 1.54) is 7.11 Å². The molecule has 1 aromatic heterocycles. The summed E-state index contributed by atoms with van der Waals surface area (Å²) in [4.78, 5) is 15.8. The topological polar surface area (TPSA) is 57.7 Å². The fourth-order valence-corrected chi connectivity index (χ4v) is 2.60. The molecule has 0 spiro atoms. The molecule has 24 heavy (non-hydrogen) atoms. The minimum atomic E-state index is -0.423. The van der Waals surface area contributed by atoms with Gasteiger partial charge in [0.1, 0.15) is 11.5 Å². The average molecular weight is 329 g/mol.